The summed E-state index contributed by atoms with van der Waals surface area (Å²) < 4.78 is 19.1. The number of carbonyl (C=O) groups is 1. The molecule has 0 saturated heterocycles. The van der Waals surface area contributed by atoms with Gasteiger partial charge in [0.25, 0.3) is 0 Å². The molecule has 1 aliphatic rings. The van der Waals surface area contributed by atoms with Gasteiger partial charge in [-0.2, -0.15) is 5.26 Å². The summed E-state index contributed by atoms with van der Waals surface area (Å²) in [6, 6.07) is 2.54. The third kappa shape index (κ3) is 3.25. The Kier molecular flexibility index (Phi) is 5.42. The molecule has 5 nitrogen and oxygen atoms in total. The standard InChI is InChI=1S/C16H19ClFN3O2/c1-3-16(15(22)23-2)7-5-4-6-12(16)20-14-11(18)8-10(9-19)13(17)21-14/h8,12H,3-7H2,1-2H3,(H,20,21)/t12-,16-/m1/s1. The Morgan fingerprint density at radius 3 is 3.00 bits per heavy atom. The summed E-state index contributed by atoms with van der Waals surface area (Å²) in [5, 5.41) is 11.8. The van der Waals surface area contributed by atoms with E-state index < -0.39 is 11.2 Å². The fraction of sp³-hybridized carbons (Fsp3) is 0.562. The lowest BCUT2D eigenvalue weighted by Crippen LogP contribution is -2.49. The summed E-state index contributed by atoms with van der Waals surface area (Å²) in [4.78, 5) is 16.3. The summed E-state index contributed by atoms with van der Waals surface area (Å²) in [7, 11) is 1.36. The molecule has 1 aliphatic carbocycles. The molecular weight excluding hydrogens is 321 g/mol. The van der Waals surface area contributed by atoms with Gasteiger partial charge in [-0.3, -0.25) is 4.79 Å². The SMILES string of the molecule is CC[C@@]1(C(=O)OC)CCCC[C@H]1Nc1nc(Cl)c(C#N)cc1F. The molecule has 1 N–H and O–H groups in total. The molecular formula is C16H19ClFN3O2. The first-order valence-corrected chi connectivity index (χ1v) is 7.97. The number of halogens is 2. The molecule has 0 aliphatic heterocycles. The number of ether oxygens (including phenoxy) is 1. The highest BCUT2D eigenvalue weighted by molar-refractivity contribution is 6.30. The van der Waals surface area contributed by atoms with E-state index in [1.165, 1.54) is 7.11 Å². The van der Waals surface area contributed by atoms with Crippen molar-refractivity contribution in [3.63, 3.8) is 0 Å². The van der Waals surface area contributed by atoms with Crippen LogP contribution in [0.1, 0.15) is 44.6 Å². The van der Waals surface area contributed by atoms with Crippen LogP contribution < -0.4 is 5.32 Å². The number of hydrogen-bond donors (Lipinski definition) is 1. The summed E-state index contributed by atoms with van der Waals surface area (Å²) in [6.45, 7) is 1.92. The Labute approximate surface area is 139 Å². The molecule has 0 unspecified atom stereocenters. The number of hydrogen-bond acceptors (Lipinski definition) is 5. The molecule has 124 valence electrons. The Balaban J connectivity index is 2.35. The molecule has 1 aromatic heterocycles. The zero-order valence-corrected chi connectivity index (χ0v) is 13.9. The fourth-order valence-electron chi connectivity index (χ4n) is 3.28. The second-order valence-corrected chi connectivity index (χ2v) is 6.07. The van der Waals surface area contributed by atoms with Crippen LogP contribution in [0.25, 0.3) is 0 Å². The van der Waals surface area contributed by atoms with E-state index in [9.17, 15) is 9.18 Å². The lowest BCUT2D eigenvalue weighted by molar-refractivity contribution is -0.155. The monoisotopic (exact) mass is 339 g/mol. The Morgan fingerprint density at radius 2 is 2.39 bits per heavy atom. The molecule has 1 saturated carbocycles. The van der Waals surface area contributed by atoms with Crippen molar-refractivity contribution in [2.24, 2.45) is 5.41 Å². The van der Waals surface area contributed by atoms with Crippen LogP contribution in [0.15, 0.2) is 6.07 Å². The quantitative estimate of drug-likeness (QED) is 0.669. The summed E-state index contributed by atoms with van der Waals surface area (Å²) in [5.41, 5.74) is -0.727. The van der Waals surface area contributed by atoms with Crippen molar-refractivity contribution in [1.82, 2.24) is 4.98 Å². The third-order valence-corrected chi connectivity index (χ3v) is 4.90. The molecule has 1 heterocycles. The highest BCUT2D eigenvalue weighted by atomic mass is 35.5. The van der Waals surface area contributed by atoms with E-state index in [1.54, 1.807) is 6.07 Å². The molecule has 2 rings (SSSR count). The molecule has 2 atom stereocenters. The van der Waals surface area contributed by atoms with Crippen molar-refractivity contribution in [1.29, 1.82) is 5.26 Å². The van der Waals surface area contributed by atoms with Gasteiger partial charge >= 0.3 is 5.97 Å². The number of rotatable bonds is 4. The summed E-state index contributed by atoms with van der Waals surface area (Å²) >= 11 is 5.88. The highest BCUT2D eigenvalue weighted by Crippen LogP contribution is 2.42. The average molecular weight is 340 g/mol. The molecule has 7 heteroatoms. The minimum absolute atomic E-state index is 0.0203. The van der Waals surface area contributed by atoms with Gasteiger partial charge < -0.3 is 10.1 Å². The van der Waals surface area contributed by atoms with E-state index in [0.29, 0.717) is 19.3 Å². The van der Waals surface area contributed by atoms with Crippen LogP contribution in [0.4, 0.5) is 10.2 Å². The molecule has 1 aromatic rings. The number of pyridine rings is 1. The number of aromatic nitrogens is 1. The van der Waals surface area contributed by atoms with Gasteiger partial charge in [0.1, 0.15) is 11.2 Å². The molecule has 1 fully saturated rings. The van der Waals surface area contributed by atoms with Gasteiger partial charge in [0.05, 0.1) is 18.1 Å². The highest BCUT2D eigenvalue weighted by Gasteiger charge is 2.47. The molecule has 0 aromatic carbocycles. The maximum atomic E-state index is 14.2. The average Bonchev–Trinajstić information content (AvgIpc) is 2.57. The van der Waals surface area contributed by atoms with Crippen LogP contribution in [0.5, 0.6) is 0 Å². The molecule has 0 amide bonds. The lowest BCUT2D eigenvalue weighted by Gasteiger charge is -2.41. The Morgan fingerprint density at radius 1 is 1.65 bits per heavy atom. The van der Waals surface area contributed by atoms with Crippen LogP contribution in [-0.2, 0) is 9.53 Å². The molecule has 0 spiro atoms. The molecule has 23 heavy (non-hydrogen) atoms. The van der Waals surface area contributed by atoms with Gasteiger partial charge in [0.15, 0.2) is 11.6 Å². The van der Waals surface area contributed by atoms with Crippen molar-refractivity contribution in [2.45, 2.75) is 45.1 Å². The smallest absolute Gasteiger partial charge is 0.313 e. The van der Waals surface area contributed by atoms with Crippen LogP contribution >= 0.6 is 11.6 Å². The second kappa shape index (κ2) is 7.14. The second-order valence-electron chi connectivity index (χ2n) is 5.71. The number of nitrogens with one attached hydrogen (secondary N) is 1. The minimum Gasteiger partial charge on any atom is -0.469 e. The first-order valence-electron chi connectivity index (χ1n) is 7.59. The Hall–Kier alpha value is -1.87. The first-order chi connectivity index (χ1) is 11.0. The Bertz CT molecular complexity index is 647. The summed E-state index contributed by atoms with van der Waals surface area (Å²) in [5.74, 6) is -0.994. The topological polar surface area (TPSA) is 75.0 Å². The largest absolute Gasteiger partial charge is 0.469 e. The van der Waals surface area contributed by atoms with Crippen molar-refractivity contribution in [3.8, 4) is 6.07 Å². The van der Waals surface area contributed by atoms with E-state index in [4.69, 9.17) is 21.6 Å². The van der Waals surface area contributed by atoms with Gasteiger partial charge in [0.2, 0.25) is 0 Å². The summed E-state index contributed by atoms with van der Waals surface area (Å²) in [6.07, 6.45) is 3.83. The predicted octanol–water partition coefficient (Wildman–Crippen LogP) is 3.67. The van der Waals surface area contributed by atoms with Gasteiger partial charge in [-0.25, -0.2) is 9.37 Å². The fourth-order valence-corrected chi connectivity index (χ4v) is 3.46. The van der Waals surface area contributed by atoms with Crippen LogP contribution in [0.2, 0.25) is 5.15 Å². The van der Waals surface area contributed by atoms with E-state index in [0.717, 1.165) is 18.9 Å². The van der Waals surface area contributed by atoms with Crippen molar-refractivity contribution < 1.29 is 13.9 Å². The predicted molar refractivity (Wildman–Crippen MR) is 84.5 cm³/mol. The van der Waals surface area contributed by atoms with E-state index in [2.05, 4.69) is 10.3 Å². The maximum absolute atomic E-state index is 14.2. The van der Waals surface area contributed by atoms with Crippen molar-refractivity contribution >= 4 is 23.4 Å². The van der Waals surface area contributed by atoms with E-state index in [-0.39, 0.29) is 28.5 Å². The van der Waals surface area contributed by atoms with Gasteiger partial charge in [-0.1, -0.05) is 31.4 Å². The van der Waals surface area contributed by atoms with Gasteiger partial charge in [-0.15, -0.1) is 0 Å². The van der Waals surface area contributed by atoms with Gasteiger partial charge in [-0.05, 0) is 25.3 Å². The number of nitrogens with zero attached hydrogens (tertiary/aromatic N) is 2. The number of carbonyl (C=O) groups excluding carboxylic acids is 1. The zero-order valence-electron chi connectivity index (χ0n) is 13.2. The van der Waals surface area contributed by atoms with E-state index >= 15 is 0 Å². The maximum Gasteiger partial charge on any atom is 0.313 e. The number of nitriles is 1. The number of esters is 1. The zero-order chi connectivity index (χ0) is 17.0. The molecule has 0 radical (unpaired) electrons. The van der Waals surface area contributed by atoms with E-state index in [1.807, 2.05) is 6.92 Å². The number of methoxy groups -OCH3 is 1. The van der Waals surface area contributed by atoms with Crippen LogP contribution in [0, 0.1) is 22.6 Å². The lowest BCUT2D eigenvalue weighted by atomic mass is 9.68. The minimum atomic E-state index is -0.707. The van der Waals surface area contributed by atoms with Gasteiger partial charge in [0, 0.05) is 6.04 Å². The van der Waals surface area contributed by atoms with Crippen molar-refractivity contribution in [2.75, 3.05) is 12.4 Å². The van der Waals surface area contributed by atoms with Crippen molar-refractivity contribution in [3.05, 3.63) is 22.6 Å². The van der Waals surface area contributed by atoms with Crippen LogP contribution in [-0.4, -0.2) is 24.1 Å². The number of anilines is 1. The normalized spacial score (nSPS) is 23.9. The molecule has 0 bridgehead atoms. The van der Waals surface area contributed by atoms with Crippen LogP contribution in [0.3, 0.4) is 0 Å². The first kappa shape index (κ1) is 17.5. The third-order valence-electron chi connectivity index (χ3n) is 4.62.